The number of carbonyl (C=O) groups excluding carboxylic acids is 1. The van der Waals surface area contributed by atoms with Gasteiger partial charge in [0.05, 0.1) is 16.1 Å². The number of benzene rings is 2. The quantitative estimate of drug-likeness (QED) is 0.648. The first kappa shape index (κ1) is 19.2. The Morgan fingerprint density at radius 1 is 1.15 bits per heavy atom. The van der Waals surface area contributed by atoms with E-state index in [4.69, 9.17) is 0 Å². The monoisotopic (exact) mass is 367 g/mol. The molecule has 0 fully saturated rings. The van der Waals surface area contributed by atoms with Crippen LogP contribution >= 0.6 is 0 Å². The number of nitrogens with zero attached hydrogens (tertiary/aromatic N) is 2. The Hall–Kier alpha value is -3.10. The summed E-state index contributed by atoms with van der Waals surface area (Å²) in [7, 11) is 3.29. The molecular weight excluding hydrogens is 351 g/mol. The number of amides is 1. The van der Waals surface area contributed by atoms with Crippen LogP contribution in [0.25, 0.3) is 0 Å². The van der Waals surface area contributed by atoms with E-state index in [1.165, 1.54) is 31.2 Å². The van der Waals surface area contributed by atoms with Crippen molar-refractivity contribution >= 4 is 23.0 Å². The van der Waals surface area contributed by atoms with E-state index in [1.807, 2.05) is 0 Å². The number of carbonyl (C=O) groups is 1. The number of anilines is 2. The summed E-state index contributed by atoms with van der Waals surface area (Å²) in [6, 6.07) is 7.17. The third-order valence-electron chi connectivity index (χ3n) is 3.72. The minimum Gasteiger partial charge on any atom is -0.377 e. The van der Waals surface area contributed by atoms with Crippen molar-refractivity contribution in [2.75, 3.05) is 24.3 Å². The van der Waals surface area contributed by atoms with E-state index in [9.17, 15) is 28.1 Å². The molecule has 138 valence electrons. The van der Waals surface area contributed by atoms with Crippen molar-refractivity contribution in [3.8, 4) is 0 Å². The zero-order chi connectivity index (χ0) is 19.6. The molecule has 1 amide bonds. The highest BCUT2D eigenvalue weighted by Gasteiger charge is 2.32. The molecule has 9 heteroatoms. The van der Waals surface area contributed by atoms with E-state index in [0.29, 0.717) is 5.69 Å². The molecule has 0 heterocycles. The second-order valence-electron chi connectivity index (χ2n) is 5.83. The first-order chi connectivity index (χ1) is 12.0. The van der Waals surface area contributed by atoms with E-state index in [1.54, 1.807) is 19.0 Å². The van der Waals surface area contributed by atoms with Gasteiger partial charge in [0.15, 0.2) is 0 Å². The van der Waals surface area contributed by atoms with Gasteiger partial charge in [0.1, 0.15) is 0 Å². The molecular formula is C17H16F3N3O3. The van der Waals surface area contributed by atoms with Gasteiger partial charge in [0, 0.05) is 37.6 Å². The van der Waals surface area contributed by atoms with Crippen molar-refractivity contribution in [3.63, 3.8) is 0 Å². The fourth-order valence-corrected chi connectivity index (χ4v) is 2.41. The Bertz CT molecular complexity index is 864. The average Bonchev–Trinajstić information content (AvgIpc) is 2.54. The summed E-state index contributed by atoms with van der Waals surface area (Å²) >= 11 is 0. The van der Waals surface area contributed by atoms with Gasteiger partial charge in [-0.25, -0.2) is 0 Å². The first-order valence-electron chi connectivity index (χ1n) is 7.45. The maximum atomic E-state index is 13.0. The summed E-state index contributed by atoms with van der Waals surface area (Å²) in [6.45, 7) is 1.32. The SMILES string of the molecule is Cc1ccc(NC(=O)c2cc([N+](=O)[O-])ccc2N(C)C)cc1C(F)(F)F. The van der Waals surface area contributed by atoms with Crippen LogP contribution in [0.15, 0.2) is 36.4 Å². The number of hydrogen-bond acceptors (Lipinski definition) is 4. The summed E-state index contributed by atoms with van der Waals surface area (Å²) < 4.78 is 39.0. The summed E-state index contributed by atoms with van der Waals surface area (Å²) in [5, 5.41) is 13.3. The lowest BCUT2D eigenvalue weighted by atomic mass is 10.1. The van der Waals surface area contributed by atoms with Crippen molar-refractivity contribution in [3.05, 3.63) is 63.2 Å². The molecule has 0 unspecified atom stereocenters. The maximum absolute atomic E-state index is 13.0. The second-order valence-corrected chi connectivity index (χ2v) is 5.83. The van der Waals surface area contributed by atoms with Crippen LogP contribution in [0.4, 0.5) is 30.2 Å². The summed E-state index contributed by atoms with van der Waals surface area (Å²) in [4.78, 5) is 24.4. The lowest BCUT2D eigenvalue weighted by Crippen LogP contribution is -2.19. The number of alkyl halides is 3. The van der Waals surface area contributed by atoms with Crippen molar-refractivity contribution in [1.82, 2.24) is 0 Å². The van der Waals surface area contributed by atoms with E-state index >= 15 is 0 Å². The zero-order valence-electron chi connectivity index (χ0n) is 14.2. The molecule has 0 spiro atoms. The number of hydrogen-bond donors (Lipinski definition) is 1. The highest BCUT2D eigenvalue weighted by Crippen LogP contribution is 2.34. The lowest BCUT2D eigenvalue weighted by Gasteiger charge is -2.17. The normalized spacial score (nSPS) is 11.2. The Morgan fingerprint density at radius 2 is 1.81 bits per heavy atom. The van der Waals surface area contributed by atoms with Crippen LogP contribution < -0.4 is 10.2 Å². The molecule has 0 atom stereocenters. The molecule has 0 radical (unpaired) electrons. The second kappa shape index (κ2) is 7.03. The Balaban J connectivity index is 2.42. The van der Waals surface area contributed by atoms with E-state index in [2.05, 4.69) is 5.32 Å². The van der Waals surface area contributed by atoms with Crippen molar-refractivity contribution in [1.29, 1.82) is 0 Å². The number of rotatable bonds is 4. The summed E-state index contributed by atoms with van der Waals surface area (Å²) in [5.74, 6) is -0.741. The van der Waals surface area contributed by atoms with E-state index in [-0.39, 0.29) is 22.5 Å². The molecule has 0 aliphatic carbocycles. The summed E-state index contributed by atoms with van der Waals surface area (Å²) in [6.07, 6.45) is -4.55. The molecule has 0 saturated carbocycles. The van der Waals surface area contributed by atoms with E-state index in [0.717, 1.165) is 12.1 Å². The number of nitrogens with one attached hydrogen (secondary N) is 1. The largest absolute Gasteiger partial charge is 0.416 e. The van der Waals surface area contributed by atoms with Gasteiger partial charge in [-0.3, -0.25) is 14.9 Å². The van der Waals surface area contributed by atoms with Gasteiger partial charge in [0.2, 0.25) is 0 Å². The van der Waals surface area contributed by atoms with Crippen molar-refractivity contribution < 1.29 is 22.9 Å². The van der Waals surface area contributed by atoms with Crippen molar-refractivity contribution in [2.45, 2.75) is 13.1 Å². The zero-order valence-corrected chi connectivity index (χ0v) is 14.2. The lowest BCUT2D eigenvalue weighted by molar-refractivity contribution is -0.384. The predicted molar refractivity (Wildman–Crippen MR) is 91.6 cm³/mol. The number of nitro benzene ring substituents is 1. The Morgan fingerprint density at radius 3 is 2.35 bits per heavy atom. The van der Waals surface area contributed by atoms with Crippen LogP contribution in [0, 0.1) is 17.0 Å². The number of halogens is 3. The topological polar surface area (TPSA) is 75.5 Å². The molecule has 2 aromatic carbocycles. The minimum atomic E-state index is -4.55. The molecule has 1 N–H and O–H groups in total. The smallest absolute Gasteiger partial charge is 0.377 e. The Kier molecular flexibility index (Phi) is 5.20. The van der Waals surface area contributed by atoms with Gasteiger partial charge < -0.3 is 10.2 Å². The first-order valence-corrected chi connectivity index (χ1v) is 7.45. The van der Waals surface area contributed by atoms with Crippen LogP contribution in [-0.2, 0) is 6.18 Å². The number of aryl methyl sites for hydroxylation is 1. The molecule has 0 aromatic heterocycles. The van der Waals surface area contributed by atoms with Crippen LogP contribution in [-0.4, -0.2) is 24.9 Å². The third-order valence-corrected chi connectivity index (χ3v) is 3.72. The molecule has 0 aliphatic heterocycles. The molecule has 0 aliphatic rings. The standard InChI is InChI=1S/C17H16F3N3O3/c1-10-4-5-11(8-14(10)17(18,19)20)21-16(24)13-9-12(23(25)26)6-7-15(13)22(2)3/h4-9H,1-3H3,(H,21,24). The van der Waals surface area contributed by atoms with Gasteiger partial charge in [-0.1, -0.05) is 6.07 Å². The van der Waals surface area contributed by atoms with Gasteiger partial charge in [-0.15, -0.1) is 0 Å². The molecule has 2 aromatic rings. The molecule has 2 rings (SSSR count). The van der Waals surface area contributed by atoms with Crippen LogP contribution in [0.2, 0.25) is 0 Å². The summed E-state index contributed by atoms with van der Waals surface area (Å²) in [5.41, 5.74) is -0.790. The highest BCUT2D eigenvalue weighted by molar-refractivity contribution is 6.08. The van der Waals surface area contributed by atoms with E-state index < -0.39 is 22.6 Å². The molecule has 26 heavy (non-hydrogen) atoms. The predicted octanol–water partition coefficient (Wildman–Crippen LogP) is 4.24. The van der Waals surface area contributed by atoms with Crippen molar-refractivity contribution in [2.24, 2.45) is 0 Å². The molecule has 6 nitrogen and oxygen atoms in total. The maximum Gasteiger partial charge on any atom is 0.416 e. The van der Waals surface area contributed by atoms with Gasteiger partial charge in [0.25, 0.3) is 11.6 Å². The fourth-order valence-electron chi connectivity index (χ4n) is 2.41. The van der Waals surface area contributed by atoms with Crippen LogP contribution in [0.3, 0.4) is 0 Å². The highest BCUT2D eigenvalue weighted by atomic mass is 19.4. The Labute approximate surface area is 147 Å². The molecule has 0 saturated heterocycles. The average molecular weight is 367 g/mol. The molecule has 0 bridgehead atoms. The minimum absolute atomic E-state index is 0.0154. The van der Waals surface area contributed by atoms with Crippen LogP contribution in [0.5, 0.6) is 0 Å². The fraction of sp³-hybridized carbons (Fsp3) is 0.235. The van der Waals surface area contributed by atoms with Gasteiger partial charge in [-0.2, -0.15) is 13.2 Å². The van der Waals surface area contributed by atoms with Crippen LogP contribution in [0.1, 0.15) is 21.5 Å². The number of non-ortho nitro benzene ring substituents is 1. The van der Waals surface area contributed by atoms with Gasteiger partial charge in [-0.05, 0) is 30.7 Å². The number of nitro groups is 1. The van der Waals surface area contributed by atoms with Gasteiger partial charge >= 0.3 is 6.18 Å². The third kappa shape index (κ3) is 4.11.